The van der Waals surface area contributed by atoms with Gasteiger partial charge in [-0.15, -0.1) is 0 Å². The highest BCUT2D eigenvalue weighted by Gasteiger charge is 2.30. The van der Waals surface area contributed by atoms with Crippen molar-refractivity contribution in [2.24, 2.45) is 5.92 Å². The monoisotopic (exact) mass is 238 g/mol. The Kier molecular flexibility index (Phi) is 5.30. The van der Waals surface area contributed by atoms with E-state index in [1.165, 1.54) is 64.5 Å². The molecule has 1 saturated heterocycles. The molecule has 0 radical (unpaired) electrons. The Labute approximate surface area is 107 Å². The smallest absolute Gasteiger partial charge is 0.0123 e. The highest BCUT2D eigenvalue weighted by Crippen LogP contribution is 2.32. The summed E-state index contributed by atoms with van der Waals surface area (Å²) in [6.45, 7) is 4.83. The molecule has 100 valence electrons. The van der Waals surface area contributed by atoms with Crippen molar-refractivity contribution in [3.05, 3.63) is 0 Å². The van der Waals surface area contributed by atoms with E-state index in [0.717, 1.165) is 18.0 Å². The van der Waals surface area contributed by atoms with Gasteiger partial charge in [-0.1, -0.05) is 26.2 Å². The minimum Gasteiger partial charge on any atom is -0.317 e. The van der Waals surface area contributed by atoms with Gasteiger partial charge in [-0.05, 0) is 58.2 Å². The predicted octanol–water partition coefficient (Wildman–Crippen LogP) is 3.03. The predicted molar refractivity (Wildman–Crippen MR) is 74.3 cm³/mol. The van der Waals surface area contributed by atoms with Crippen LogP contribution in [0.5, 0.6) is 0 Å². The van der Waals surface area contributed by atoms with Gasteiger partial charge in [0.25, 0.3) is 0 Å². The zero-order valence-electron chi connectivity index (χ0n) is 11.8. The zero-order valence-corrected chi connectivity index (χ0v) is 11.8. The van der Waals surface area contributed by atoms with Gasteiger partial charge in [-0.25, -0.2) is 0 Å². The van der Waals surface area contributed by atoms with Crippen molar-refractivity contribution >= 4 is 0 Å². The van der Waals surface area contributed by atoms with E-state index in [0.29, 0.717) is 0 Å². The average Bonchev–Trinajstić information content (AvgIpc) is 2.66. The second-order valence-corrected chi connectivity index (χ2v) is 6.02. The fourth-order valence-corrected chi connectivity index (χ4v) is 3.88. The first-order valence-corrected chi connectivity index (χ1v) is 7.75. The molecule has 0 aromatic rings. The minimum atomic E-state index is 0.835. The normalized spacial score (nSPS) is 35.8. The maximum Gasteiger partial charge on any atom is 0.0123 e. The largest absolute Gasteiger partial charge is 0.317 e. The molecule has 2 fully saturated rings. The van der Waals surface area contributed by atoms with Gasteiger partial charge >= 0.3 is 0 Å². The first kappa shape index (κ1) is 13.4. The molecule has 1 aliphatic carbocycles. The molecule has 1 aliphatic heterocycles. The van der Waals surface area contributed by atoms with Gasteiger partial charge in [0.1, 0.15) is 0 Å². The van der Waals surface area contributed by atoms with Gasteiger partial charge in [0.05, 0.1) is 0 Å². The van der Waals surface area contributed by atoms with Gasteiger partial charge in [-0.3, -0.25) is 0 Å². The van der Waals surface area contributed by atoms with Gasteiger partial charge in [0.2, 0.25) is 0 Å². The van der Waals surface area contributed by atoms with E-state index in [-0.39, 0.29) is 0 Å². The van der Waals surface area contributed by atoms with Crippen LogP contribution in [0.1, 0.15) is 58.3 Å². The molecule has 2 aliphatic rings. The number of nitrogens with one attached hydrogen (secondary N) is 1. The van der Waals surface area contributed by atoms with Gasteiger partial charge < -0.3 is 10.2 Å². The lowest BCUT2D eigenvalue weighted by atomic mass is 9.81. The molecule has 3 atom stereocenters. The van der Waals surface area contributed by atoms with E-state index in [4.69, 9.17) is 0 Å². The van der Waals surface area contributed by atoms with Crippen LogP contribution in [0.2, 0.25) is 0 Å². The molecule has 2 heteroatoms. The molecule has 1 saturated carbocycles. The molecular weight excluding hydrogens is 208 g/mol. The SMILES string of the molecule is CCC1CCCCC1N(C)C1CCCNCC1. The van der Waals surface area contributed by atoms with Crippen LogP contribution in [0.3, 0.4) is 0 Å². The summed E-state index contributed by atoms with van der Waals surface area (Å²) in [4.78, 5) is 2.75. The third-order valence-electron chi connectivity index (χ3n) is 5.04. The first-order valence-electron chi connectivity index (χ1n) is 7.75. The van der Waals surface area contributed by atoms with Crippen LogP contribution < -0.4 is 5.32 Å². The van der Waals surface area contributed by atoms with E-state index < -0.39 is 0 Å². The Balaban J connectivity index is 1.93. The lowest BCUT2D eigenvalue weighted by Gasteiger charge is -2.41. The van der Waals surface area contributed by atoms with Crippen molar-refractivity contribution in [2.75, 3.05) is 20.1 Å². The Morgan fingerprint density at radius 1 is 1.00 bits per heavy atom. The number of hydrogen-bond acceptors (Lipinski definition) is 2. The fraction of sp³-hybridized carbons (Fsp3) is 1.00. The van der Waals surface area contributed by atoms with Gasteiger partial charge in [0, 0.05) is 12.1 Å². The van der Waals surface area contributed by atoms with Crippen molar-refractivity contribution in [1.29, 1.82) is 0 Å². The summed E-state index contributed by atoms with van der Waals surface area (Å²) in [6.07, 6.45) is 11.3. The topological polar surface area (TPSA) is 15.3 Å². The molecule has 0 spiro atoms. The lowest BCUT2D eigenvalue weighted by Crippen LogP contribution is -2.45. The molecule has 1 N–H and O–H groups in total. The lowest BCUT2D eigenvalue weighted by molar-refractivity contribution is 0.0808. The summed E-state index contributed by atoms with van der Waals surface area (Å²) in [6, 6.07) is 1.71. The summed E-state index contributed by atoms with van der Waals surface area (Å²) in [5, 5.41) is 3.53. The molecule has 2 nitrogen and oxygen atoms in total. The minimum absolute atomic E-state index is 0.835. The van der Waals surface area contributed by atoms with E-state index in [9.17, 15) is 0 Å². The van der Waals surface area contributed by atoms with Crippen molar-refractivity contribution in [3.63, 3.8) is 0 Å². The Bertz CT molecular complexity index is 209. The van der Waals surface area contributed by atoms with Crippen molar-refractivity contribution in [2.45, 2.75) is 70.4 Å². The molecule has 0 bridgehead atoms. The van der Waals surface area contributed by atoms with Crippen LogP contribution in [0.15, 0.2) is 0 Å². The Hall–Kier alpha value is -0.0800. The second kappa shape index (κ2) is 6.75. The summed E-state index contributed by atoms with van der Waals surface area (Å²) in [5.41, 5.74) is 0. The van der Waals surface area contributed by atoms with Crippen LogP contribution in [0, 0.1) is 5.92 Å². The zero-order chi connectivity index (χ0) is 12.1. The Morgan fingerprint density at radius 3 is 2.65 bits per heavy atom. The van der Waals surface area contributed by atoms with Crippen LogP contribution in [0.4, 0.5) is 0 Å². The second-order valence-electron chi connectivity index (χ2n) is 6.02. The van der Waals surface area contributed by atoms with Crippen LogP contribution in [-0.4, -0.2) is 37.1 Å². The maximum atomic E-state index is 3.53. The third kappa shape index (κ3) is 3.45. The first-order chi connectivity index (χ1) is 8.33. The molecular formula is C15H30N2. The number of nitrogens with zero attached hydrogens (tertiary/aromatic N) is 1. The van der Waals surface area contributed by atoms with Crippen molar-refractivity contribution in [1.82, 2.24) is 10.2 Å². The highest BCUT2D eigenvalue weighted by molar-refractivity contribution is 4.86. The van der Waals surface area contributed by atoms with Crippen molar-refractivity contribution in [3.8, 4) is 0 Å². The van der Waals surface area contributed by atoms with Crippen LogP contribution in [0.25, 0.3) is 0 Å². The summed E-state index contributed by atoms with van der Waals surface area (Å²) in [5.74, 6) is 0.963. The van der Waals surface area contributed by atoms with Crippen LogP contribution in [-0.2, 0) is 0 Å². The fourth-order valence-electron chi connectivity index (χ4n) is 3.88. The van der Waals surface area contributed by atoms with Crippen molar-refractivity contribution < 1.29 is 0 Å². The maximum absolute atomic E-state index is 3.53. The number of rotatable bonds is 3. The third-order valence-corrected chi connectivity index (χ3v) is 5.04. The van der Waals surface area contributed by atoms with E-state index >= 15 is 0 Å². The average molecular weight is 238 g/mol. The summed E-state index contributed by atoms with van der Waals surface area (Å²) in [7, 11) is 2.40. The standard InChI is InChI=1S/C15H30N2/c1-3-13-7-4-5-9-15(13)17(2)14-8-6-11-16-12-10-14/h13-16H,3-12H2,1-2H3. The number of hydrogen-bond donors (Lipinski definition) is 1. The highest BCUT2D eigenvalue weighted by atomic mass is 15.2. The molecule has 2 rings (SSSR count). The molecule has 3 unspecified atom stereocenters. The molecule has 17 heavy (non-hydrogen) atoms. The molecule has 0 amide bonds. The van der Waals surface area contributed by atoms with Gasteiger partial charge in [0.15, 0.2) is 0 Å². The molecule has 0 aromatic heterocycles. The van der Waals surface area contributed by atoms with Crippen LogP contribution >= 0.6 is 0 Å². The van der Waals surface area contributed by atoms with E-state index in [2.05, 4.69) is 24.2 Å². The summed E-state index contributed by atoms with van der Waals surface area (Å²) >= 11 is 0. The summed E-state index contributed by atoms with van der Waals surface area (Å²) < 4.78 is 0. The molecule has 0 aromatic carbocycles. The van der Waals surface area contributed by atoms with Gasteiger partial charge in [-0.2, -0.15) is 0 Å². The molecule has 1 heterocycles. The van der Waals surface area contributed by atoms with E-state index in [1.807, 2.05) is 0 Å². The Morgan fingerprint density at radius 2 is 1.82 bits per heavy atom. The quantitative estimate of drug-likeness (QED) is 0.813. The van der Waals surface area contributed by atoms with E-state index in [1.54, 1.807) is 0 Å².